The Morgan fingerprint density at radius 1 is 1.26 bits per heavy atom. The number of azide groups is 1. The van der Waals surface area contributed by atoms with E-state index in [1.165, 1.54) is 0 Å². The summed E-state index contributed by atoms with van der Waals surface area (Å²) in [7, 11) is 0. The van der Waals surface area contributed by atoms with E-state index in [1.807, 2.05) is 0 Å². The first-order valence-electron chi connectivity index (χ1n) is 4.54. The van der Waals surface area contributed by atoms with Gasteiger partial charge in [0, 0.05) is 10.6 Å². The Kier molecular flexibility index (Phi) is 3.98. The van der Waals surface area contributed by atoms with Gasteiger partial charge in [-0.15, -0.1) is 0 Å². The Morgan fingerprint density at radius 2 is 1.79 bits per heavy atom. The average molecular weight is 279 g/mol. The van der Waals surface area contributed by atoms with Gasteiger partial charge < -0.3 is 9.84 Å². The molecule has 1 aromatic carbocycles. The van der Waals surface area contributed by atoms with Gasteiger partial charge in [0.25, 0.3) is 0 Å². The lowest BCUT2D eigenvalue weighted by Crippen LogP contribution is -2.44. The van der Waals surface area contributed by atoms with Gasteiger partial charge >= 0.3 is 18.2 Å². The molecule has 19 heavy (non-hydrogen) atoms. The molecule has 1 N–H and O–H groups in total. The van der Waals surface area contributed by atoms with Gasteiger partial charge in [0.15, 0.2) is 0 Å². The van der Waals surface area contributed by atoms with Crippen LogP contribution in [-0.4, -0.2) is 23.3 Å². The number of ether oxygens (including phenoxy) is 1. The quantitative estimate of drug-likeness (QED) is 0.302. The van der Waals surface area contributed by atoms with Crippen molar-refractivity contribution in [2.75, 3.05) is 0 Å². The third-order valence-corrected chi connectivity index (χ3v) is 1.83. The molecule has 0 aromatic heterocycles. The van der Waals surface area contributed by atoms with Crippen LogP contribution in [0.25, 0.3) is 10.4 Å². The average Bonchev–Trinajstić information content (AvgIpc) is 2.28. The molecule has 0 heterocycles. The molecule has 0 spiro atoms. The number of alkyl halides is 4. The molecule has 0 saturated carbocycles. The van der Waals surface area contributed by atoms with Crippen LogP contribution in [0, 0.1) is 0 Å². The van der Waals surface area contributed by atoms with Crippen LogP contribution in [-0.2, 0) is 4.74 Å². The van der Waals surface area contributed by atoms with E-state index in [4.69, 9.17) is 10.6 Å². The molecule has 1 rings (SSSR count). The number of carbonyl (C=O) groups excluding carboxylic acids is 1. The number of hydrogen-bond donors (Lipinski definition) is 1. The fraction of sp³-hybridized carbons (Fsp3) is 0.222. The molecule has 102 valence electrons. The van der Waals surface area contributed by atoms with Gasteiger partial charge in [-0.3, -0.25) is 0 Å². The molecular weight excluding hydrogens is 274 g/mol. The van der Waals surface area contributed by atoms with Crippen molar-refractivity contribution in [2.45, 2.75) is 12.2 Å². The fourth-order valence-corrected chi connectivity index (χ4v) is 0.953. The Hall–Kier alpha value is -2.32. The molecule has 0 unspecified atom stereocenters. The summed E-state index contributed by atoms with van der Waals surface area (Å²) >= 11 is 0. The lowest BCUT2D eigenvalue weighted by atomic mass is 10.2. The van der Waals surface area contributed by atoms with Crippen LogP contribution in [0.3, 0.4) is 0 Å². The molecular formula is C9H5F4N3O3. The highest BCUT2D eigenvalue weighted by Gasteiger charge is 2.60. The molecule has 6 nitrogen and oxygen atoms in total. The van der Waals surface area contributed by atoms with E-state index >= 15 is 0 Å². The molecule has 0 fully saturated rings. The van der Waals surface area contributed by atoms with E-state index in [0.29, 0.717) is 0 Å². The van der Waals surface area contributed by atoms with Crippen LogP contribution in [0.2, 0.25) is 0 Å². The maximum Gasteiger partial charge on any atom is 0.496 e. The maximum absolute atomic E-state index is 12.6. The van der Waals surface area contributed by atoms with Gasteiger partial charge in [0.05, 0.1) is 5.56 Å². The summed E-state index contributed by atoms with van der Waals surface area (Å²) < 4.78 is 52.4. The van der Waals surface area contributed by atoms with Crippen LogP contribution in [0.1, 0.15) is 10.4 Å². The first-order valence-corrected chi connectivity index (χ1v) is 4.54. The highest BCUT2D eigenvalue weighted by Crippen LogP contribution is 2.33. The largest absolute Gasteiger partial charge is 0.496 e. The third kappa shape index (κ3) is 3.57. The minimum Gasteiger partial charge on any atom is -0.390 e. The van der Waals surface area contributed by atoms with Crippen molar-refractivity contribution in [3.63, 3.8) is 0 Å². The van der Waals surface area contributed by atoms with E-state index in [-0.39, 0.29) is 5.69 Å². The zero-order chi connectivity index (χ0) is 14.7. The van der Waals surface area contributed by atoms with Gasteiger partial charge in [-0.25, -0.2) is 4.79 Å². The lowest BCUT2D eigenvalue weighted by molar-refractivity contribution is -0.400. The molecule has 0 saturated heterocycles. The van der Waals surface area contributed by atoms with E-state index in [2.05, 4.69) is 14.8 Å². The number of rotatable bonds is 4. The van der Waals surface area contributed by atoms with Crippen LogP contribution in [0.15, 0.2) is 29.4 Å². The number of nitrogens with zero attached hydrogens (tertiary/aromatic N) is 3. The second-order valence-corrected chi connectivity index (χ2v) is 3.18. The van der Waals surface area contributed by atoms with Crippen molar-refractivity contribution in [3.05, 3.63) is 40.3 Å². The lowest BCUT2D eigenvalue weighted by Gasteiger charge is -2.20. The summed E-state index contributed by atoms with van der Waals surface area (Å²) in [5, 5.41) is 11.0. The van der Waals surface area contributed by atoms with Crippen molar-refractivity contribution >= 4 is 11.7 Å². The first-order chi connectivity index (χ1) is 8.67. The number of hydrogen-bond acceptors (Lipinski definition) is 4. The summed E-state index contributed by atoms with van der Waals surface area (Å²) in [4.78, 5) is 13.6. The smallest absolute Gasteiger partial charge is 0.390 e. The van der Waals surface area contributed by atoms with Gasteiger partial charge in [-0.1, -0.05) is 17.2 Å². The molecule has 0 radical (unpaired) electrons. The van der Waals surface area contributed by atoms with Crippen molar-refractivity contribution in [3.8, 4) is 0 Å². The Labute approximate surface area is 102 Å². The Morgan fingerprint density at radius 3 is 2.21 bits per heavy atom. The van der Waals surface area contributed by atoms with E-state index < -0.39 is 23.7 Å². The minimum absolute atomic E-state index is 0.0818. The molecule has 0 aliphatic rings. The molecule has 0 aliphatic heterocycles. The summed E-state index contributed by atoms with van der Waals surface area (Å²) in [6.45, 7) is 0. The van der Waals surface area contributed by atoms with E-state index in [1.54, 1.807) is 0 Å². The van der Waals surface area contributed by atoms with Crippen molar-refractivity contribution in [1.82, 2.24) is 0 Å². The third-order valence-electron chi connectivity index (χ3n) is 1.83. The van der Waals surface area contributed by atoms with Crippen LogP contribution in [0.5, 0.6) is 0 Å². The highest BCUT2D eigenvalue weighted by molar-refractivity contribution is 5.89. The second kappa shape index (κ2) is 5.12. The van der Waals surface area contributed by atoms with Crippen LogP contribution in [0.4, 0.5) is 23.2 Å². The first kappa shape index (κ1) is 14.7. The van der Waals surface area contributed by atoms with Crippen molar-refractivity contribution < 1.29 is 32.2 Å². The van der Waals surface area contributed by atoms with Gasteiger partial charge in [-0.2, -0.15) is 17.6 Å². The highest BCUT2D eigenvalue weighted by atomic mass is 19.3. The number of aliphatic hydroxyl groups is 1. The van der Waals surface area contributed by atoms with Gasteiger partial charge in [0.1, 0.15) is 0 Å². The summed E-state index contributed by atoms with van der Waals surface area (Å²) in [5.74, 6) is -1.77. The topological polar surface area (TPSA) is 95.3 Å². The van der Waals surface area contributed by atoms with Gasteiger partial charge in [0.2, 0.25) is 0 Å². The van der Waals surface area contributed by atoms with E-state index in [9.17, 15) is 22.4 Å². The minimum atomic E-state index is -5.49. The summed E-state index contributed by atoms with van der Waals surface area (Å²) in [6.07, 6.45) is -10.8. The van der Waals surface area contributed by atoms with Crippen LogP contribution < -0.4 is 0 Å². The molecule has 0 atom stereocenters. The van der Waals surface area contributed by atoms with Crippen molar-refractivity contribution in [2.24, 2.45) is 5.11 Å². The molecule has 1 aromatic rings. The standard InChI is InChI=1S/C9H5F4N3O3/c10-8(11,18)9(12,13)19-7(17)5-1-3-6(4-2-5)15-16-14/h1-4,18H. The SMILES string of the molecule is [N-]=[N+]=Nc1ccc(C(=O)OC(F)(F)C(O)(F)F)cc1. The number of carbonyl (C=O) groups is 1. The Bertz CT molecular complexity index is 521. The number of esters is 1. The van der Waals surface area contributed by atoms with E-state index in [0.717, 1.165) is 24.3 Å². The predicted molar refractivity (Wildman–Crippen MR) is 52.8 cm³/mol. The second-order valence-electron chi connectivity index (χ2n) is 3.18. The van der Waals surface area contributed by atoms with Crippen LogP contribution >= 0.6 is 0 Å². The maximum atomic E-state index is 12.6. The number of benzene rings is 1. The predicted octanol–water partition coefficient (Wildman–Crippen LogP) is 2.96. The zero-order valence-electron chi connectivity index (χ0n) is 8.93. The number of halogens is 4. The summed E-state index contributed by atoms with van der Waals surface area (Å²) in [5.41, 5.74) is 7.69. The summed E-state index contributed by atoms with van der Waals surface area (Å²) in [6, 6.07) is 4.03. The monoisotopic (exact) mass is 279 g/mol. The normalized spacial score (nSPS) is 11.6. The fourth-order valence-electron chi connectivity index (χ4n) is 0.953. The van der Waals surface area contributed by atoms with Crippen molar-refractivity contribution in [1.29, 1.82) is 0 Å². The molecule has 0 bridgehead atoms. The zero-order valence-corrected chi connectivity index (χ0v) is 8.93. The molecule has 0 aliphatic carbocycles. The molecule has 0 amide bonds. The molecule has 10 heteroatoms. The Balaban J connectivity index is 2.87. The van der Waals surface area contributed by atoms with Gasteiger partial charge in [-0.05, 0) is 17.7 Å².